The van der Waals surface area contributed by atoms with Crippen molar-refractivity contribution in [1.29, 1.82) is 0 Å². The van der Waals surface area contributed by atoms with Gasteiger partial charge in [0.2, 0.25) is 10.0 Å². The number of hydrogen-bond donors (Lipinski definition) is 2. The van der Waals surface area contributed by atoms with Crippen molar-refractivity contribution in [3.8, 4) is 0 Å². The lowest BCUT2D eigenvalue weighted by molar-refractivity contribution is 0.226. The number of aryl methyl sites for hydroxylation is 1. The standard InChI is InChI=1S/C14H22N2O3S/c1-11-8-12(15)10-14(9-11)20(18,19)16(6-7-17)13-4-2-3-5-13/h8-10,13,17H,2-7,15H2,1H3. The number of aliphatic hydroxyl groups is 1. The molecule has 1 fully saturated rings. The summed E-state index contributed by atoms with van der Waals surface area (Å²) in [5.74, 6) is 0. The fourth-order valence-electron chi connectivity index (χ4n) is 2.85. The predicted molar refractivity (Wildman–Crippen MR) is 78.8 cm³/mol. The van der Waals surface area contributed by atoms with Crippen molar-refractivity contribution in [3.05, 3.63) is 23.8 Å². The average Bonchev–Trinajstić information content (AvgIpc) is 2.88. The van der Waals surface area contributed by atoms with Gasteiger partial charge in [-0.15, -0.1) is 0 Å². The normalized spacial score (nSPS) is 16.9. The average molecular weight is 298 g/mol. The van der Waals surface area contributed by atoms with Crippen molar-refractivity contribution in [3.63, 3.8) is 0 Å². The lowest BCUT2D eigenvalue weighted by atomic mass is 10.2. The molecule has 112 valence electrons. The van der Waals surface area contributed by atoms with E-state index in [1.54, 1.807) is 12.1 Å². The Kier molecular flexibility index (Phi) is 4.67. The van der Waals surface area contributed by atoms with Crippen molar-refractivity contribution in [2.24, 2.45) is 0 Å². The predicted octanol–water partition coefficient (Wildman–Crippen LogP) is 1.50. The minimum Gasteiger partial charge on any atom is -0.399 e. The molecule has 5 nitrogen and oxygen atoms in total. The maximum atomic E-state index is 12.8. The third-order valence-electron chi connectivity index (χ3n) is 3.73. The summed E-state index contributed by atoms with van der Waals surface area (Å²) in [6, 6.07) is 4.85. The molecule has 0 aliphatic heterocycles. The van der Waals surface area contributed by atoms with E-state index in [-0.39, 0.29) is 24.1 Å². The quantitative estimate of drug-likeness (QED) is 0.807. The van der Waals surface area contributed by atoms with E-state index in [0.717, 1.165) is 31.2 Å². The van der Waals surface area contributed by atoms with Crippen LogP contribution in [0, 0.1) is 6.92 Å². The molecule has 0 saturated heterocycles. The fraction of sp³-hybridized carbons (Fsp3) is 0.571. The first-order chi connectivity index (χ1) is 9.45. The molecular weight excluding hydrogens is 276 g/mol. The fourth-order valence-corrected chi connectivity index (χ4v) is 4.67. The van der Waals surface area contributed by atoms with Crippen LogP contribution in [0.5, 0.6) is 0 Å². The summed E-state index contributed by atoms with van der Waals surface area (Å²) in [5, 5.41) is 9.19. The van der Waals surface area contributed by atoms with E-state index in [4.69, 9.17) is 5.73 Å². The number of nitrogen functional groups attached to an aromatic ring is 1. The lowest BCUT2D eigenvalue weighted by Crippen LogP contribution is -2.40. The van der Waals surface area contributed by atoms with E-state index in [2.05, 4.69) is 0 Å². The van der Waals surface area contributed by atoms with Crippen LogP contribution in [-0.4, -0.2) is 37.0 Å². The molecule has 1 saturated carbocycles. The maximum absolute atomic E-state index is 12.8. The molecule has 1 aliphatic carbocycles. The van der Waals surface area contributed by atoms with E-state index in [1.165, 1.54) is 10.4 Å². The topological polar surface area (TPSA) is 83.6 Å². The van der Waals surface area contributed by atoms with Gasteiger partial charge >= 0.3 is 0 Å². The molecule has 20 heavy (non-hydrogen) atoms. The molecule has 0 spiro atoms. The number of benzene rings is 1. The number of aliphatic hydroxyl groups excluding tert-OH is 1. The molecule has 0 atom stereocenters. The summed E-state index contributed by atoms with van der Waals surface area (Å²) in [6.45, 7) is 1.79. The Balaban J connectivity index is 2.38. The van der Waals surface area contributed by atoms with Gasteiger partial charge in [-0.05, 0) is 43.5 Å². The summed E-state index contributed by atoms with van der Waals surface area (Å²) in [7, 11) is -3.60. The highest BCUT2D eigenvalue weighted by molar-refractivity contribution is 7.89. The second kappa shape index (κ2) is 6.11. The van der Waals surface area contributed by atoms with Crippen molar-refractivity contribution in [1.82, 2.24) is 4.31 Å². The lowest BCUT2D eigenvalue weighted by Gasteiger charge is -2.27. The van der Waals surface area contributed by atoms with Gasteiger partial charge < -0.3 is 10.8 Å². The molecule has 6 heteroatoms. The number of nitrogens with zero attached hydrogens (tertiary/aromatic N) is 1. The summed E-state index contributed by atoms with van der Waals surface area (Å²) in [5.41, 5.74) is 7.01. The van der Waals surface area contributed by atoms with E-state index in [9.17, 15) is 13.5 Å². The minimum absolute atomic E-state index is 0.00566. The first-order valence-corrected chi connectivity index (χ1v) is 8.39. The van der Waals surface area contributed by atoms with Crippen LogP contribution < -0.4 is 5.73 Å². The third-order valence-corrected chi connectivity index (χ3v) is 5.66. The largest absolute Gasteiger partial charge is 0.399 e. The number of rotatable bonds is 5. The van der Waals surface area contributed by atoms with Crippen molar-refractivity contribution >= 4 is 15.7 Å². The third kappa shape index (κ3) is 3.13. The van der Waals surface area contributed by atoms with E-state index in [1.807, 2.05) is 6.92 Å². The van der Waals surface area contributed by atoms with Gasteiger partial charge in [0.25, 0.3) is 0 Å². The van der Waals surface area contributed by atoms with Crippen molar-refractivity contribution in [2.75, 3.05) is 18.9 Å². The number of nitrogens with two attached hydrogens (primary N) is 1. The molecule has 0 amide bonds. The SMILES string of the molecule is Cc1cc(N)cc(S(=O)(=O)N(CCO)C2CCCC2)c1. The van der Waals surface area contributed by atoms with Gasteiger partial charge in [-0.1, -0.05) is 12.8 Å². The Morgan fingerprint density at radius 3 is 2.50 bits per heavy atom. The zero-order chi connectivity index (χ0) is 14.8. The van der Waals surface area contributed by atoms with Crippen LogP contribution in [0.15, 0.2) is 23.1 Å². The van der Waals surface area contributed by atoms with Crippen LogP contribution in [0.3, 0.4) is 0 Å². The maximum Gasteiger partial charge on any atom is 0.243 e. The second-order valence-corrected chi connectivity index (χ2v) is 7.25. The monoisotopic (exact) mass is 298 g/mol. The number of sulfonamides is 1. The van der Waals surface area contributed by atoms with E-state index < -0.39 is 10.0 Å². The van der Waals surface area contributed by atoms with Gasteiger partial charge in [-0.3, -0.25) is 0 Å². The summed E-state index contributed by atoms with van der Waals surface area (Å²) >= 11 is 0. The zero-order valence-corrected chi connectivity index (χ0v) is 12.6. The van der Waals surface area contributed by atoms with Crippen LogP contribution in [-0.2, 0) is 10.0 Å². The van der Waals surface area contributed by atoms with Gasteiger partial charge in [0.05, 0.1) is 11.5 Å². The van der Waals surface area contributed by atoms with Crippen LogP contribution >= 0.6 is 0 Å². The molecule has 3 N–H and O–H groups in total. The number of anilines is 1. The highest BCUT2D eigenvalue weighted by Crippen LogP contribution is 2.29. The van der Waals surface area contributed by atoms with E-state index >= 15 is 0 Å². The van der Waals surface area contributed by atoms with Gasteiger partial charge in [-0.25, -0.2) is 8.42 Å². The van der Waals surface area contributed by atoms with Crippen molar-refractivity contribution in [2.45, 2.75) is 43.5 Å². The first kappa shape index (κ1) is 15.3. The summed E-state index contributed by atoms with van der Waals surface area (Å²) in [4.78, 5) is 0.218. The Hall–Kier alpha value is -1.11. The molecule has 0 aromatic heterocycles. The Labute approximate surface area is 120 Å². The van der Waals surface area contributed by atoms with Crippen molar-refractivity contribution < 1.29 is 13.5 Å². The molecule has 0 bridgehead atoms. The molecule has 0 heterocycles. The Bertz CT molecular complexity index is 546. The number of hydrogen-bond acceptors (Lipinski definition) is 4. The highest BCUT2D eigenvalue weighted by atomic mass is 32.2. The molecule has 1 aromatic carbocycles. The Morgan fingerprint density at radius 1 is 1.30 bits per heavy atom. The first-order valence-electron chi connectivity index (χ1n) is 6.95. The van der Waals surface area contributed by atoms with E-state index in [0.29, 0.717) is 5.69 Å². The molecule has 1 aromatic rings. The highest BCUT2D eigenvalue weighted by Gasteiger charge is 2.32. The second-order valence-electron chi connectivity index (χ2n) is 5.36. The minimum atomic E-state index is -3.60. The van der Waals surface area contributed by atoms with Crippen LogP contribution in [0.1, 0.15) is 31.2 Å². The van der Waals surface area contributed by atoms with Gasteiger partial charge in [0.15, 0.2) is 0 Å². The van der Waals surface area contributed by atoms with Gasteiger partial charge in [-0.2, -0.15) is 4.31 Å². The van der Waals surface area contributed by atoms with Crippen LogP contribution in [0.25, 0.3) is 0 Å². The summed E-state index contributed by atoms with van der Waals surface area (Å²) < 4.78 is 27.0. The summed E-state index contributed by atoms with van der Waals surface area (Å²) in [6.07, 6.45) is 3.80. The molecule has 0 radical (unpaired) electrons. The molecule has 2 rings (SSSR count). The van der Waals surface area contributed by atoms with Crippen LogP contribution in [0.4, 0.5) is 5.69 Å². The smallest absolute Gasteiger partial charge is 0.243 e. The zero-order valence-electron chi connectivity index (χ0n) is 11.7. The van der Waals surface area contributed by atoms with Gasteiger partial charge in [0.1, 0.15) is 0 Å². The molecule has 1 aliphatic rings. The molecular formula is C14H22N2O3S. The van der Waals surface area contributed by atoms with Crippen LogP contribution in [0.2, 0.25) is 0 Å². The molecule has 0 unspecified atom stereocenters. The Morgan fingerprint density at radius 2 is 1.95 bits per heavy atom. The van der Waals surface area contributed by atoms with Gasteiger partial charge in [0, 0.05) is 18.3 Å².